The Bertz CT molecular complexity index is 695. The third kappa shape index (κ3) is 3.62. The van der Waals surface area contributed by atoms with Gasteiger partial charge in [-0.25, -0.2) is 9.78 Å². The maximum atomic E-state index is 12.1. The molecule has 0 aliphatic carbocycles. The molecule has 1 aromatic heterocycles. The fourth-order valence-corrected chi connectivity index (χ4v) is 3.95. The van der Waals surface area contributed by atoms with E-state index in [-0.39, 0.29) is 6.03 Å². The number of para-hydroxylation sites is 1. The first kappa shape index (κ1) is 17.0. The molecule has 1 saturated heterocycles. The zero-order chi connectivity index (χ0) is 16.9. The number of fused-ring (bicyclic) bond motifs is 1. The Hall–Kier alpha value is -1.86. The molecule has 1 aliphatic heterocycles. The third-order valence-corrected chi connectivity index (χ3v) is 5.37. The molecule has 6 nitrogen and oxygen atoms in total. The molecule has 2 amide bonds. The van der Waals surface area contributed by atoms with Gasteiger partial charge in [0.1, 0.15) is 0 Å². The van der Waals surface area contributed by atoms with Crippen molar-refractivity contribution in [1.82, 2.24) is 15.2 Å². The van der Waals surface area contributed by atoms with E-state index in [0.29, 0.717) is 13.2 Å². The van der Waals surface area contributed by atoms with E-state index >= 15 is 0 Å². The molecule has 0 unspecified atom stereocenters. The maximum Gasteiger partial charge on any atom is 0.317 e. The Balaban J connectivity index is 1.61. The summed E-state index contributed by atoms with van der Waals surface area (Å²) in [7, 11) is 1.63. The van der Waals surface area contributed by atoms with Crippen molar-refractivity contribution in [2.45, 2.75) is 13.3 Å². The van der Waals surface area contributed by atoms with Gasteiger partial charge in [0.05, 0.1) is 16.8 Å². The lowest BCUT2D eigenvalue weighted by atomic mass is 10.1. The number of hydrogen-bond donors (Lipinski definition) is 1. The number of urea groups is 1. The molecule has 0 spiro atoms. The lowest BCUT2D eigenvalue weighted by Crippen LogP contribution is -2.52. The molecule has 0 atom stereocenters. The van der Waals surface area contributed by atoms with Crippen LogP contribution in [0, 0.1) is 0 Å². The van der Waals surface area contributed by atoms with Crippen molar-refractivity contribution >= 4 is 32.7 Å². The molecule has 2 heterocycles. The number of thiazole rings is 1. The number of carbonyl (C=O) groups excluding carboxylic acids is 1. The Morgan fingerprint density at radius 1 is 1.33 bits per heavy atom. The van der Waals surface area contributed by atoms with Crippen LogP contribution in [0.15, 0.2) is 18.2 Å². The van der Waals surface area contributed by atoms with Crippen molar-refractivity contribution in [2.24, 2.45) is 0 Å². The molecule has 2 aromatic rings. The molecular weight excluding hydrogens is 324 g/mol. The number of rotatable bonds is 5. The first-order valence-electron chi connectivity index (χ1n) is 8.38. The smallest absolute Gasteiger partial charge is 0.317 e. The Labute approximate surface area is 146 Å². The van der Waals surface area contributed by atoms with E-state index in [1.165, 1.54) is 10.3 Å². The average molecular weight is 348 g/mol. The Kier molecular flexibility index (Phi) is 5.52. The normalized spacial score (nSPS) is 15.1. The summed E-state index contributed by atoms with van der Waals surface area (Å²) in [5.41, 5.74) is 2.42. The molecular formula is C17H24N4O2S. The van der Waals surface area contributed by atoms with Gasteiger partial charge >= 0.3 is 6.03 Å². The number of aromatic nitrogens is 1. The quantitative estimate of drug-likeness (QED) is 0.843. The second-order valence-electron chi connectivity index (χ2n) is 5.81. The predicted molar refractivity (Wildman–Crippen MR) is 98.1 cm³/mol. The molecule has 0 saturated carbocycles. The van der Waals surface area contributed by atoms with Crippen LogP contribution in [0.3, 0.4) is 0 Å². The maximum absolute atomic E-state index is 12.1. The minimum absolute atomic E-state index is 0.00994. The number of aryl methyl sites for hydroxylation is 1. The highest BCUT2D eigenvalue weighted by atomic mass is 32.1. The summed E-state index contributed by atoms with van der Waals surface area (Å²) in [6.07, 6.45) is 0.996. The molecule has 7 heteroatoms. The molecule has 1 fully saturated rings. The standard InChI is InChI=1S/C17H24N4O2S/c1-3-13-5-4-6-14-15(13)19-17(24-14)21-10-8-20(9-11-21)16(22)18-7-12-23-2/h4-6H,3,7-12H2,1-2H3,(H,18,22). The predicted octanol–water partition coefficient (Wildman–Crippen LogP) is 2.34. The van der Waals surface area contributed by atoms with Crippen molar-refractivity contribution in [2.75, 3.05) is 51.3 Å². The first-order valence-corrected chi connectivity index (χ1v) is 9.19. The Morgan fingerprint density at radius 2 is 2.12 bits per heavy atom. The van der Waals surface area contributed by atoms with Crippen molar-refractivity contribution < 1.29 is 9.53 Å². The fourth-order valence-electron chi connectivity index (χ4n) is 2.89. The summed E-state index contributed by atoms with van der Waals surface area (Å²) in [6.45, 7) is 6.32. The van der Waals surface area contributed by atoms with Crippen molar-refractivity contribution in [3.63, 3.8) is 0 Å². The number of nitrogens with zero attached hydrogens (tertiary/aromatic N) is 3. The minimum atomic E-state index is -0.00994. The number of piperazine rings is 1. The molecule has 1 aliphatic rings. The minimum Gasteiger partial charge on any atom is -0.383 e. The van der Waals surface area contributed by atoms with E-state index in [1.807, 2.05) is 4.90 Å². The van der Waals surface area contributed by atoms with Gasteiger partial charge in [-0.2, -0.15) is 0 Å². The van der Waals surface area contributed by atoms with Crippen LogP contribution in [0.25, 0.3) is 10.2 Å². The molecule has 1 N–H and O–H groups in total. The number of anilines is 1. The van der Waals surface area contributed by atoms with Crippen molar-refractivity contribution in [3.8, 4) is 0 Å². The first-order chi connectivity index (χ1) is 11.7. The van der Waals surface area contributed by atoms with Gasteiger partial charge in [0, 0.05) is 39.8 Å². The van der Waals surface area contributed by atoms with Crippen molar-refractivity contribution in [1.29, 1.82) is 0 Å². The molecule has 0 bridgehead atoms. The number of amides is 2. The topological polar surface area (TPSA) is 57.7 Å². The molecule has 0 radical (unpaired) electrons. The van der Waals surface area contributed by atoms with E-state index in [0.717, 1.165) is 43.2 Å². The van der Waals surface area contributed by atoms with Gasteiger partial charge in [-0.05, 0) is 18.1 Å². The lowest BCUT2D eigenvalue weighted by Gasteiger charge is -2.34. The summed E-state index contributed by atoms with van der Waals surface area (Å²) >= 11 is 1.74. The van der Waals surface area contributed by atoms with Crippen LogP contribution in [0.1, 0.15) is 12.5 Å². The highest BCUT2D eigenvalue weighted by Gasteiger charge is 2.23. The molecule has 24 heavy (non-hydrogen) atoms. The second kappa shape index (κ2) is 7.81. The van der Waals surface area contributed by atoms with E-state index < -0.39 is 0 Å². The van der Waals surface area contributed by atoms with Gasteiger partial charge in [0.25, 0.3) is 0 Å². The van der Waals surface area contributed by atoms with E-state index in [2.05, 4.69) is 35.3 Å². The van der Waals surface area contributed by atoms with Crippen LogP contribution in [0.2, 0.25) is 0 Å². The van der Waals surface area contributed by atoms with Gasteiger partial charge in [-0.3, -0.25) is 0 Å². The number of nitrogens with one attached hydrogen (secondary N) is 1. The van der Waals surface area contributed by atoms with Gasteiger partial charge in [0.2, 0.25) is 0 Å². The average Bonchev–Trinajstić information content (AvgIpc) is 3.06. The zero-order valence-electron chi connectivity index (χ0n) is 14.2. The fraction of sp³-hybridized carbons (Fsp3) is 0.529. The van der Waals surface area contributed by atoms with Gasteiger partial charge in [0.15, 0.2) is 5.13 Å². The van der Waals surface area contributed by atoms with Gasteiger partial charge in [-0.15, -0.1) is 0 Å². The van der Waals surface area contributed by atoms with Gasteiger partial charge in [-0.1, -0.05) is 30.4 Å². The molecule has 3 rings (SSSR count). The lowest BCUT2D eigenvalue weighted by molar-refractivity contribution is 0.177. The monoisotopic (exact) mass is 348 g/mol. The van der Waals surface area contributed by atoms with Crippen LogP contribution in [-0.2, 0) is 11.2 Å². The Morgan fingerprint density at radius 3 is 2.83 bits per heavy atom. The molecule has 1 aromatic carbocycles. The second-order valence-corrected chi connectivity index (χ2v) is 6.82. The summed E-state index contributed by atoms with van der Waals surface area (Å²) in [4.78, 5) is 21.1. The van der Waals surface area contributed by atoms with E-state index in [9.17, 15) is 4.79 Å². The van der Waals surface area contributed by atoms with Crippen LogP contribution < -0.4 is 10.2 Å². The van der Waals surface area contributed by atoms with Crippen LogP contribution >= 0.6 is 11.3 Å². The number of ether oxygens (including phenoxy) is 1. The van der Waals surface area contributed by atoms with E-state index in [4.69, 9.17) is 9.72 Å². The SMILES string of the molecule is CCc1cccc2sc(N3CCN(C(=O)NCCOC)CC3)nc12. The number of benzene rings is 1. The number of carbonyl (C=O) groups is 1. The highest BCUT2D eigenvalue weighted by Crippen LogP contribution is 2.31. The number of methoxy groups -OCH3 is 1. The van der Waals surface area contributed by atoms with Crippen LogP contribution in [-0.4, -0.2) is 62.4 Å². The van der Waals surface area contributed by atoms with Gasteiger partial charge < -0.3 is 19.9 Å². The van der Waals surface area contributed by atoms with E-state index in [1.54, 1.807) is 18.4 Å². The summed E-state index contributed by atoms with van der Waals surface area (Å²) in [5, 5.41) is 3.94. The third-order valence-electron chi connectivity index (χ3n) is 4.29. The number of hydrogen-bond acceptors (Lipinski definition) is 5. The molecule has 130 valence electrons. The summed E-state index contributed by atoms with van der Waals surface area (Å²) in [5.74, 6) is 0. The highest BCUT2D eigenvalue weighted by molar-refractivity contribution is 7.22. The zero-order valence-corrected chi connectivity index (χ0v) is 15.1. The summed E-state index contributed by atoms with van der Waals surface area (Å²) in [6, 6.07) is 6.37. The van der Waals surface area contributed by atoms with Crippen LogP contribution in [0.4, 0.5) is 9.93 Å². The van der Waals surface area contributed by atoms with Crippen LogP contribution in [0.5, 0.6) is 0 Å². The largest absolute Gasteiger partial charge is 0.383 e. The summed E-state index contributed by atoms with van der Waals surface area (Å²) < 4.78 is 6.19. The van der Waals surface area contributed by atoms with Crippen molar-refractivity contribution in [3.05, 3.63) is 23.8 Å².